The molecule has 61 heavy (non-hydrogen) atoms. The molecule has 0 spiro atoms. The largest absolute Gasteiger partial charge is 0.756 e. The number of nitrogens with zero attached hydrogens (tertiary/aromatic N) is 1. The lowest BCUT2D eigenvalue weighted by atomic mass is 10.1. The van der Waals surface area contributed by atoms with E-state index in [2.05, 4.69) is 68.5 Å². The van der Waals surface area contributed by atoms with Gasteiger partial charge in [-0.3, -0.25) is 14.2 Å². The number of aliphatic hydroxyl groups excluding tert-OH is 1. The van der Waals surface area contributed by atoms with E-state index in [0.717, 1.165) is 44.9 Å². The lowest BCUT2D eigenvalue weighted by Crippen LogP contribution is -2.37. The number of quaternary nitrogens is 1. The third-order valence-electron chi connectivity index (χ3n) is 8.87. The first-order valence-corrected chi connectivity index (χ1v) is 24.2. The third-order valence-corrected chi connectivity index (χ3v) is 9.83. The van der Waals surface area contributed by atoms with Gasteiger partial charge in [0.25, 0.3) is 7.82 Å². The fourth-order valence-corrected chi connectivity index (χ4v) is 6.04. The van der Waals surface area contributed by atoms with E-state index in [1.807, 2.05) is 69.8 Å². The Morgan fingerprint density at radius 1 is 0.623 bits per heavy atom. The van der Waals surface area contributed by atoms with Gasteiger partial charge in [0.1, 0.15) is 19.8 Å². The number of hydrogen-bond donors (Lipinski definition) is 1. The van der Waals surface area contributed by atoms with E-state index in [0.29, 0.717) is 36.7 Å². The lowest BCUT2D eigenvalue weighted by Gasteiger charge is -2.28. The van der Waals surface area contributed by atoms with E-state index in [1.54, 1.807) is 6.08 Å². The molecule has 0 aromatic heterocycles. The van der Waals surface area contributed by atoms with E-state index < -0.39 is 38.6 Å². The Labute approximate surface area is 370 Å². The van der Waals surface area contributed by atoms with Gasteiger partial charge in [-0.05, 0) is 77.0 Å². The van der Waals surface area contributed by atoms with Crippen LogP contribution in [-0.2, 0) is 32.7 Å². The summed E-state index contributed by atoms with van der Waals surface area (Å²) in [5.41, 5.74) is 0. The van der Waals surface area contributed by atoms with E-state index in [9.17, 15) is 24.2 Å². The minimum atomic E-state index is -4.67. The number of carbonyl (C=O) groups excluding carboxylic acids is 2. The molecule has 0 aliphatic carbocycles. The van der Waals surface area contributed by atoms with Crippen molar-refractivity contribution >= 4 is 19.8 Å². The summed E-state index contributed by atoms with van der Waals surface area (Å²) in [5.74, 6) is -1.03. The van der Waals surface area contributed by atoms with E-state index >= 15 is 0 Å². The van der Waals surface area contributed by atoms with Crippen molar-refractivity contribution in [2.45, 2.75) is 148 Å². The third kappa shape index (κ3) is 44.5. The van der Waals surface area contributed by atoms with Gasteiger partial charge in [0.2, 0.25) is 0 Å². The van der Waals surface area contributed by atoms with Gasteiger partial charge in [-0.2, -0.15) is 0 Å². The normalized spacial score (nSPS) is 15.1. The average molecular weight is 872 g/mol. The lowest BCUT2D eigenvalue weighted by molar-refractivity contribution is -0.870. The molecular formula is C50H82NO9P. The molecule has 0 bridgehead atoms. The van der Waals surface area contributed by atoms with Crippen LogP contribution >= 0.6 is 7.82 Å². The molecule has 0 aliphatic heterocycles. The SMILES string of the molecule is CC/C=C\CC(O)/C=C/C=C/C/C=C\C/C=C\C/C=C\CCC(=O)OC[C@H](COP(=O)([O-])OCC[N+](C)(C)C)OC(=O)CCC/C=C\C/C=C\C/C=C\CCCCCCCC. The second-order valence-corrected chi connectivity index (χ2v) is 17.3. The number of carbonyl (C=O) groups is 2. The standard InChI is InChI=1S/C50H82NO9P/c1-6-8-10-11-12-13-14-15-16-17-18-21-25-28-31-34-38-42-50(54)60-48(46-59-61(55,56)58-44-43-51(3,4)5)45-57-49(53)41-37-33-30-27-24-22-19-20-23-26-29-32-36-40-47(52)39-35-9-7-2/h9,15-16,18,20-24,28-33,35-36,40,47-48,52H,6-8,10-14,17,19,25-27,34,37-39,41-46H2,1-5H3/b16-15-,21-18-,23-20-,24-22-,31-28-,32-29+,33-30-,35-9-,40-36+/t47?,48-/m1/s1. The van der Waals surface area contributed by atoms with Crippen molar-refractivity contribution in [2.75, 3.05) is 47.5 Å². The van der Waals surface area contributed by atoms with Gasteiger partial charge < -0.3 is 33.0 Å². The van der Waals surface area contributed by atoms with Crippen LogP contribution in [0.4, 0.5) is 0 Å². The van der Waals surface area contributed by atoms with Gasteiger partial charge >= 0.3 is 11.9 Å². The van der Waals surface area contributed by atoms with Crippen molar-refractivity contribution in [3.63, 3.8) is 0 Å². The van der Waals surface area contributed by atoms with Crippen LogP contribution in [0.15, 0.2) is 109 Å². The van der Waals surface area contributed by atoms with Crippen molar-refractivity contribution in [2.24, 2.45) is 0 Å². The highest BCUT2D eigenvalue weighted by Gasteiger charge is 2.21. The molecule has 3 atom stereocenters. The van der Waals surface area contributed by atoms with Crippen LogP contribution in [0.25, 0.3) is 0 Å². The van der Waals surface area contributed by atoms with Crippen LogP contribution < -0.4 is 4.89 Å². The van der Waals surface area contributed by atoms with Crippen LogP contribution in [0.3, 0.4) is 0 Å². The van der Waals surface area contributed by atoms with Crippen LogP contribution in [0.2, 0.25) is 0 Å². The monoisotopic (exact) mass is 872 g/mol. The molecule has 0 aromatic rings. The number of unbranched alkanes of at least 4 members (excludes halogenated alkanes) is 7. The number of esters is 2. The van der Waals surface area contributed by atoms with Crippen molar-refractivity contribution in [1.29, 1.82) is 0 Å². The van der Waals surface area contributed by atoms with Crippen molar-refractivity contribution in [3.8, 4) is 0 Å². The van der Waals surface area contributed by atoms with E-state index in [4.69, 9.17) is 18.5 Å². The first-order chi connectivity index (χ1) is 29.4. The number of hydrogen-bond acceptors (Lipinski definition) is 9. The van der Waals surface area contributed by atoms with Crippen LogP contribution in [0.1, 0.15) is 136 Å². The van der Waals surface area contributed by atoms with E-state index in [1.165, 1.54) is 38.5 Å². The maximum atomic E-state index is 12.7. The number of ether oxygens (including phenoxy) is 2. The summed E-state index contributed by atoms with van der Waals surface area (Å²) in [5, 5.41) is 9.85. The summed E-state index contributed by atoms with van der Waals surface area (Å²) >= 11 is 0. The molecule has 0 amide bonds. The smallest absolute Gasteiger partial charge is 0.306 e. The quantitative estimate of drug-likeness (QED) is 0.0160. The Balaban J connectivity index is 4.60. The Hall–Kier alpha value is -3.37. The molecule has 0 aliphatic rings. The molecule has 0 saturated carbocycles. The maximum Gasteiger partial charge on any atom is 0.306 e. The fraction of sp³-hybridized carbons (Fsp3) is 0.600. The molecule has 1 N–H and O–H groups in total. The topological polar surface area (TPSA) is 131 Å². The molecule has 0 saturated heterocycles. The minimum Gasteiger partial charge on any atom is -0.756 e. The summed E-state index contributed by atoms with van der Waals surface area (Å²) in [7, 11) is 1.05. The minimum absolute atomic E-state index is 0.0641. The van der Waals surface area contributed by atoms with Gasteiger partial charge in [-0.25, -0.2) is 0 Å². The zero-order valence-electron chi connectivity index (χ0n) is 38.4. The number of aliphatic hydroxyl groups is 1. The van der Waals surface area contributed by atoms with Gasteiger partial charge in [0, 0.05) is 12.8 Å². The molecule has 0 heterocycles. The molecule has 10 nitrogen and oxygen atoms in total. The molecule has 11 heteroatoms. The summed E-state index contributed by atoms with van der Waals surface area (Å²) in [6, 6.07) is 0. The molecular weight excluding hydrogens is 790 g/mol. The summed E-state index contributed by atoms with van der Waals surface area (Å²) in [4.78, 5) is 37.5. The van der Waals surface area contributed by atoms with Crippen molar-refractivity contribution in [3.05, 3.63) is 109 Å². The number of rotatable bonds is 39. The predicted octanol–water partition coefficient (Wildman–Crippen LogP) is 11.5. The predicted molar refractivity (Wildman–Crippen MR) is 251 cm³/mol. The number of phosphoric ester groups is 1. The first-order valence-electron chi connectivity index (χ1n) is 22.7. The maximum absolute atomic E-state index is 12.7. The molecule has 0 radical (unpaired) electrons. The zero-order chi connectivity index (χ0) is 45.1. The molecule has 2 unspecified atom stereocenters. The number of allylic oxidation sites excluding steroid dienone is 16. The second-order valence-electron chi connectivity index (χ2n) is 15.9. The van der Waals surface area contributed by atoms with Crippen molar-refractivity contribution < 1.29 is 47.2 Å². The molecule has 346 valence electrons. The Bertz CT molecular complexity index is 1420. The fourth-order valence-electron chi connectivity index (χ4n) is 5.31. The molecule has 0 fully saturated rings. The molecule has 0 aromatic carbocycles. The van der Waals surface area contributed by atoms with Gasteiger partial charge in [-0.1, -0.05) is 155 Å². The number of phosphoric acid groups is 1. The van der Waals surface area contributed by atoms with Gasteiger partial charge in [-0.15, -0.1) is 0 Å². The summed E-state index contributed by atoms with van der Waals surface area (Å²) in [6.07, 6.45) is 51.9. The van der Waals surface area contributed by atoms with Crippen LogP contribution in [0, 0.1) is 0 Å². The van der Waals surface area contributed by atoms with Gasteiger partial charge in [0.05, 0.1) is 33.9 Å². The zero-order valence-corrected chi connectivity index (χ0v) is 39.3. The summed E-state index contributed by atoms with van der Waals surface area (Å²) in [6.45, 7) is 3.82. The van der Waals surface area contributed by atoms with Gasteiger partial charge in [0.15, 0.2) is 6.10 Å². The molecule has 0 rings (SSSR count). The summed E-state index contributed by atoms with van der Waals surface area (Å²) < 4.78 is 33.7. The Morgan fingerprint density at radius 2 is 1.18 bits per heavy atom. The van der Waals surface area contributed by atoms with Crippen molar-refractivity contribution in [1.82, 2.24) is 0 Å². The second kappa shape index (κ2) is 40.7. The highest BCUT2D eigenvalue weighted by molar-refractivity contribution is 7.45. The van der Waals surface area contributed by atoms with Crippen LogP contribution in [-0.4, -0.2) is 81.2 Å². The Kier molecular flexibility index (Phi) is 38.4. The first kappa shape index (κ1) is 57.6. The highest BCUT2D eigenvalue weighted by Crippen LogP contribution is 2.38. The average Bonchev–Trinajstić information content (AvgIpc) is 3.21. The van der Waals surface area contributed by atoms with Crippen LogP contribution in [0.5, 0.6) is 0 Å². The Morgan fingerprint density at radius 3 is 1.79 bits per heavy atom. The highest BCUT2D eigenvalue weighted by atomic mass is 31.2. The number of likely N-dealkylation sites (N-methyl/N-ethyl adjacent to an activating group) is 1. The van der Waals surface area contributed by atoms with E-state index in [-0.39, 0.29) is 26.1 Å².